The minimum Gasteiger partial charge on any atom is -0.380 e. The zero-order valence-electron chi connectivity index (χ0n) is 19.0. The first kappa shape index (κ1) is 24.8. The van der Waals surface area contributed by atoms with Crippen LogP contribution in [0.15, 0.2) is 36.4 Å². The van der Waals surface area contributed by atoms with E-state index in [1.54, 1.807) is 6.07 Å². The first-order valence-electron chi connectivity index (χ1n) is 11.4. The predicted molar refractivity (Wildman–Crippen MR) is 124 cm³/mol. The molecule has 1 saturated heterocycles. The summed E-state index contributed by atoms with van der Waals surface area (Å²) in [5.41, 5.74) is 4.71. The Hall–Kier alpha value is -2.29. The summed E-state index contributed by atoms with van der Waals surface area (Å²) < 4.78 is 50.2. The van der Waals surface area contributed by atoms with Crippen molar-refractivity contribution in [2.24, 2.45) is 0 Å². The van der Waals surface area contributed by atoms with Crippen LogP contribution in [-0.2, 0) is 39.4 Å². The lowest BCUT2D eigenvalue weighted by atomic mass is 9.97. The van der Waals surface area contributed by atoms with E-state index in [0.717, 1.165) is 32.8 Å². The van der Waals surface area contributed by atoms with Gasteiger partial charge < -0.3 is 19.7 Å². The number of benzene rings is 2. The number of carbonyl (C=O) groups excluding carboxylic acids is 1. The zero-order valence-corrected chi connectivity index (χ0v) is 19.8. The first-order chi connectivity index (χ1) is 16.2. The third kappa shape index (κ3) is 5.50. The van der Waals surface area contributed by atoms with Gasteiger partial charge in [0.05, 0.1) is 23.9 Å². The van der Waals surface area contributed by atoms with Crippen molar-refractivity contribution in [2.75, 3.05) is 31.6 Å². The molecule has 0 unspecified atom stereocenters. The minimum absolute atomic E-state index is 0.0246. The van der Waals surface area contributed by atoms with Gasteiger partial charge in [0.1, 0.15) is 0 Å². The number of carbonyl (C=O) groups is 1. The van der Waals surface area contributed by atoms with Gasteiger partial charge >= 0.3 is 12.1 Å². The summed E-state index contributed by atoms with van der Waals surface area (Å²) in [6, 6.07) is 11.6. The number of ether oxygens (including phenoxy) is 2. The van der Waals surface area contributed by atoms with Crippen LogP contribution in [0.4, 0.5) is 18.9 Å². The highest BCUT2D eigenvalue weighted by atomic mass is 35.5. The summed E-state index contributed by atoms with van der Waals surface area (Å²) in [6.45, 7) is 3.70. The predicted octanol–water partition coefficient (Wildman–Crippen LogP) is 5.44. The third-order valence-corrected chi connectivity index (χ3v) is 6.75. The molecule has 0 aliphatic carbocycles. The van der Waals surface area contributed by atoms with E-state index in [4.69, 9.17) is 21.1 Å². The summed E-state index contributed by atoms with van der Waals surface area (Å²) in [7, 11) is 0. The van der Waals surface area contributed by atoms with Crippen molar-refractivity contribution in [3.63, 3.8) is 0 Å². The molecule has 5 nitrogen and oxygen atoms in total. The van der Waals surface area contributed by atoms with Crippen LogP contribution in [0.1, 0.15) is 42.0 Å². The van der Waals surface area contributed by atoms with Gasteiger partial charge in [0.15, 0.2) is 5.79 Å². The molecular weight excluding hydrogens is 469 g/mol. The number of alkyl halides is 3. The number of anilines is 1. The minimum atomic E-state index is -4.85. The molecule has 1 fully saturated rings. The van der Waals surface area contributed by atoms with Gasteiger partial charge in [0.25, 0.3) is 0 Å². The Kier molecular flexibility index (Phi) is 7.40. The molecule has 4 rings (SSSR count). The van der Waals surface area contributed by atoms with Gasteiger partial charge in [0.2, 0.25) is 0 Å². The molecule has 2 aliphatic heterocycles. The lowest BCUT2D eigenvalue weighted by molar-refractivity contribution is -0.185. The van der Waals surface area contributed by atoms with Crippen LogP contribution in [0.2, 0.25) is 5.02 Å². The zero-order chi connectivity index (χ0) is 24.3. The van der Waals surface area contributed by atoms with Crippen LogP contribution in [0, 0.1) is 0 Å². The summed E-state index contributed by atoms with van der Waals surface area (Å²) in [5, 5.41) is 4.00. The number of halogens is 4. The Balaban J connectivity index is 1.48. The Bertz CT molecular complexity index is 1020. The Morgan fingerprint density at radius 1 is 1.06 bits per heavy atom. The number of rotatable bonds is 4. The molecule has 1 amide bonds. The molecule has 34 heavy (non-hydrogen) atoms. The van der Waals surface area contributed by atoms with E-state index in [2.05, 4.69) is 5.32 Å². The maximum absolute atomic E-state index is 12.9. The normalized spacial score (nSPS) is 18.6. The van der Waals surface area contributed by atoms with Crippen LogP contribution >= 0.6 is 11.6 Å². The fourth-order valence-electron chi connectivity index (χ4n) is 4.52. The van der Waals surface area contributed by atoms with Crippen molar-refractivity contribution < 1.29 is 27.4 Å². The molecule has 0 aromatic heterocycles. The van der Waals surface area contributed by atoms with Gasteiger partial charge in [-0.1, -0.05) is 41.9 Å². The fourth-order valence-corrected chi connectivity index (χ4v) is 4.77. The van der Waals surface area contributed by atoms with Gasteiger partial charge in [0, 0.05) is 25.2 Å². The smallest absolute Gasteiger partial charge is 0.380 e. The second-order valence-electron chi connectivity index (χ2n) is 8.75. The van der Waals surface area contributed by atoms with Crippen LogP contribution in [0.25, 0.3) is 0 Å². The molecule has 0 radical (unpaired) electrons. The summed E-state index contributed by atoms with van der Waals surface area (Å²) >= 11 is 6.52. The third-order valence-electron chi connectivity index (χ3n) is 6.43. The van der Waals surface area contributed by atoms with Crippen molar-refractivity contribution in [1.29, 1.82) is 0 Å². The number of hydrogen-bond acceptors (Lipinski definition) is 4. The lowest BCUT2D eigenvalue weighted by Crippen LogP contribution is -2.42. The van der Waals surface area contributed by atoms with Gasteiger partial charge in [-0.25, -0.2) is 0 Å². The molecule has 2 aliphatic rings. The standard InChI is InChI=1S/C25H28ClF3N2O3/c1-24(33-14-15-34-24)19-8-5-17(6-9-19)16-30-22-20-4-2-3-12-31(23(32)25(27,28)29)13-11-18(20)7-10-21(22)26/h5-10,30H,2-4,11-16H2,1H3. The molecule has 2 heterocycles. The van der Waals surface area contributed by atoms with Gasteiger partial charge in [-0.2, -0.15) is 13.2 Å². The largest absolute Gasteiger partial charge is 0.471 e. The van der Waals surface area contributed by atoms with Crippen molar-refractivity contribution >= 4 is 23.2 Å². The van der Waals surface area contributed by atoms with Crippen LogP contribution < -0.4 is 5.32 Å². The van der Waals surface area contributed by atoms with E-state index in [1.165, 1.54) is 0 Å². The van der Waals surface area contributed by atoms with Gasteiger partial charge in [-0.3, -0.25) is 4.79 Å². The average Bonchev–Trinajstić information content (AvgIpc) is 3.28. The number of nitrogens with zero attached hydrogens (tertiary/aromatic N) is 1. The van der Waals surface area contributed by atoms with E-state index >= 15 is 0 Å². The second kappa shape index (κ2) is 10.1. The lowest BCUT2D eigenvalue weighted by Gasteiger charge is -2.23. The number of nitrogens with one attached hydrogen (secondary N) is 1. The van der Waals surface area contributed by atoms with Crippen molar-refractivity contribution in [1.82, 2.24) is 4.90 Å². The van der Waals surface area contributed by atoms with E-state index < -0.39 is 17.9 Å². The maximum Gasteiger partial charge on any atom is 0.471 e. The van der Waals surface area contributed by atoms with Crippen molar-refractivity contribution in [2.45, 2.75) is 51.1 Å². The Morgan fingerprint density at radius 3 is 2.44 bits per heavy atom. The average molecular weight is 497 g/mol. The van der Waals surface area contributed by atoms with Gasteiger partial charge in [-0.05, 0) is 55.4 Å². The Morgan fingerprint density at radius 2 is 1.76 bits per heavy atom. The molecule has 2 aromatic rings. The first-order valence-corrected chi connectivity index (χ1v) is 11.8. The topological polar surface area (TPSA) is 50.8 Å². The maximum atomic E-state index is 12.9. The highest BCUT2D eigenvalue weighted by Crippen LogP contribution is 2.34. The highest BCUT2D eigenvalue weighted by molar-refractivity contribution is 6.33. The molecule has 2 aromatic carbocycles. The van der Waals surface area contributed by atoms with E-state index in [1.807, 2.05) is 37.3 Å². The quantitative estimate of drug-likeness (QED) is 0.612. The summed E-state index contributed by atoms with van der Waals surface area (Å²) in [5.74, 6) is -2.49. The summed E-state index contributed by atoms with van der Waals surface area (Å²) in [4.78, 5) is 12.7. The van der Waals surface area contributed by atoms with Crippen LogP contribution in [0.5, 0.6) is 0 Å². The van der Waals surface area contributed by atoms with Crippen LogP contribution in [-0.4, -0.2) is 43.3 Å². The second-order valence-corrected chi connectivity index (χ2v) is 9.16. The molecule has 1 N–H and O–H groups in total. The Labute approximate surface area is 202 Å². The van der Waals surface area contributed by atoms with Crippen molar-refractivity contribution in [3.8, 4) is 0 Å². The number of hydrogen-bond donors (Lipinski definition) is 1. The summed E-state index contributed by atoms with van der Waals surface area (Å²) in [6.07, 6.45) is -2.67. The van der Waals surface area contributed by atoms with Crippen LogP contribution in [0.3, 0.4) is 0 Å². The van der Waals surface area contributed by atoms with E-state index in [0.29, 0.717) is 50.5 Å². The van der Waals surface area contributed by atoms with Gasteiger partial charge in [-0.15, -0.1) is 0 Å². The molecule has 0 atom stereocenters. The number of amides is 1. The highest BCUT2D eigenvalue weighted by Gasteiger charge is 2.42. The molecule has 0 saturated carbocycles. The van der Waals surface area contributed by atoms with E-state index in [9.17, 15) is 18.0 Å². The van der Waals surface area contributed by atoms with E-state index in [-0.39, 0.29) is 13.1 Å². The molecular formula is C25H28ClF3N2O3. The molecule has 0 spiro atoms. The molecule has 184 valence electrons. The monoisotopic (exact) mass is 496 g/mol. The molecule has 0 bridgehead atoms. The SMILES string of the molecule is CC1(c2ccc(CNc3c(Cl)ccc4c3CCCCN(C(=O)C(F)(F)F)CC4)cc2)OCCO1. The number of fused-ring (bicyclic) bond motifs is 1. The molecule has 9 heteroatoms. The van der Waals surface area contributed by atoms with Crippen molar-refractivity contribution in [3.05, 3.63) is 63.7 Å². The fraction of sp³-hybridized carbons (Fsp3) is 0.480.